The molecule has 0 spiro atoms. The number of carbonyl (C=O) groups excluding carboxylic acids is 2. The molecule has 74 heavy (non-hydrogen) atoms. The fraction of sp³-hybridized carbons (Fsp3) is 0.812. The van der Waals surface area contributed by atoms with Gasteiger partial charge in [0.1, 0.15) is 19.8 Å². The second kappa shape index (κ2) is 55.5. The number of unbranched alkanes of at least 4 members (excludes halogenated alkanes) is 33. The molecule has 0 saturated carbocycles. The molecule has 0 aliphatic rings. The molecule has 0 radical (unpaired) electrons. The Labute approximate surface area is 457 Å². The number of phosphoric acid groups is 1. The Morgan fingerprint density at radius 1 is 0.432 bits per heavy atom. The van der Waals surface area contributed by atoms with Crippen molar-refractivity contribution in [3.05, 3.63) is 60.8 Å². The number of rotatable bonds is 57. The summed E-state index contributed by atoms with van der Waals surface area (Å²) in [5, 5.41) is 0. The highest BCUT2D eigenvalue weighted by Gasteiger charge is 2.27. The van der Waals surface area contributed by atoms with Crippen LogP contribution in [-0.2, 0) is 32.7 Å². The first kappa shape index (κ1) is 71.7. The number of hydrogen-bond donors (Lipinski definition) is 1. The van der Waals surface area contributed by atoms with Gasteiger partial charge in [0.2, 0.25) is 0 Å². The molecule has 432 valence electrons. The summed E-state index contributed by atoms with van der Waals surface area (Å²) < 4.78 is 34.6. The summed E-state index contributed by atoms with van der Waals surface area (Å²) in [5.74, 6) is -0.789. The van der Waals surface area contributed by atoms with E-state index in [0.717, 1.165) is 57.8 Å². The van der Waals surface area contributed by atoms with E-state index < -0.39 is 26.5 Å². The van der Waals surface area contributed by atoms with Gasteiger partial charge in [-0.2, -0.15) is 0 Å². The lowest BCUT2D eigenvalue weighted by Crippen LogP contribution is -2.37. The molecule has 9 nitrogen and oxygen atoms in total. The number of allylic oxidation sites excluding steroid dienone is 10. The molecule has 2 atom stereocenters. The Balaban J connectivity index is 4.11. The Morgan fingerprint density at radius 3 is 1.16 bits per heavy atom. The molecule has 0 aliphatic carbocycles. The largest absolute Gasteiger partial charge is 0.472 e. The molecule has 0 bridgehead atoms. The molecule has 0 fully saturated rings. The predicted molar refractivity (Wildman–Crippen MR) is 316 cm³/mol. The lowest BCUT2D eigenvalue weighted by Gasteiger charge is -2.24. The predicted octanol–water partition coefficient (Wildman–Crippen LogP) is 19.5. The van der Waals surface area contributed by atoms with Gasteiger partial charge in [-0.1, -0.05) is 254 Å². The summed E-state index contributed by atoms with van der Waals surface area (Å²) in [6.45, 7) is 4.36. The van der Waals surface area contributed by atoms with Gasteiger partial charge >= 0.3 is 19.8 Å². The lowest BCUT2D eigenvalue weighted by molar-refractivity contribution is -0.870. The number of carbonyl (C=O) groups is 2. The number of ether oxygens (including phenoxy) is 2. The first-order chi connectivity index (χ1) is 36.0. The zero-order valence-corrected chi connectivity index (χ0v) is 50.0. The topological polar surface area (TPSA) is 108 Å². The van der Waals surface area contributed by atoms with Crippen LogP contribution >= 0.6 is 7.82 Å². The highest BCUT2D eigenvalue weighted by Crippen LogP contribution is 2.43. The van der Waals surface area contributed by atoms with Crippen LogP contribution < -0.4 is 0 Å². The fourth-order valence-electron chi connectivity index (χ4n) is 8.77. The van der Waals surface area contributed by atoms with Crippen molar-refractivity contribution in [1.82, 2.24) is 0 Å². The van der Waals surface area contributed by atoms with Crippen LogP contribution in [0.25, 0.3) is 0 Å². The zero-order chi connectivity index (χ0) is 54.2. The van der Waals surface area contributed by atoms with Crippen molar-refractivity contribution in [3.8, 4) is 0 Å². The average Bonchev–Trinajstić information content (AvgIpc) is 3.36. The Bertz CT molecular complexity index is 1430. The average molecular weight is 1060 g/mol. The van der Waals surface area contributed by atoms with E-state index >= 15 is 0 Å². The second-order valence-corrected chi connectivity index (χ2v) is 23.5. The Kier molecular flexibility index (Phi) is 53.7. The summed E-state index contributed by atoms with van der Waals surface area (Å²) in [6, 6.07) is 0. The van der Waals surface area contributed by atoms with Crippen molar-refractivity contribution in [2.75, 3.05) is 47.5 Å². The molecule has 0 aliphatic heterocycles. The van der Waals surface area contributed by atoms with E-state index in [0.29, 0.717) is 17.4 Å². The van der Waals surface area contributed by atoms with E-state index in [2.05, 4.69) is 74.6 Å². The zero-order valence-electron chi connectivity index (χ0n) is 49.1. The van der Waals surface area contributed by atoms with Crippen LogP contribution in [0.1, 0.15) is 284 Å². The second-order valence-electron chi connectivity index (χ2n) is 22.1. The minimum absolute atomic E-state index is 0.0312. The normalized spacial score (nSPS) is 13.6. The maximum absolute atomic E-state index is 12.8. The Morgan fingerprint density at radius 2 is 0.770 bits per heavy atom. The number of hydrogen-bond acceptors (Lipinski definition) is 7. The van der Waals surface area contributed by atoms with Crippen LogP contribution in [0.5, 0.6) is 0 Å². The molecule has 0 amide bonds. The SMILES string of the molecule is CC/C=C\C/C=C\C/C=C\C/C=C\CCCCCCCCCCCCCCCCC(=O)OC(COC(=O)CCCCCCCCCCCCC/C=C\CCCCCCCCCC)COP(=O)(O)OCC[N+](C)(C)C. The number of nitrogens with zero attached hydrogens (tertiary/aromatic N) is 1. The first-order valence-corrected chi connectivity index (χ1v) is 32.5. The molecule has 0 aromatic rings. The molecule has 0 heterocycles. The molecule has 10 heteroatoms. The summed E-state index contributed by atoms with van der Waals surface area (Å²) in [7, 11) is 1.48. The van der Waals surface area contributed by atoms with E-state index in [1.807, 2.05) is 21.1 Å². The lowest BCUT2D eigenvalue weighted by atomic mass is 10.0. The van der Waals surface area contributed by atoms with Gasteiger partial charge in [-0.05, 0) is 77.0 Å². The van der Waals surface area contributed by atoms with Gasteiger partial charge in [-0.15, -0.1) is 0 Å². The first-order valence-electron chi connectivity index (χ1n) is 31.0. The number of likely N-dealkylation sites (N-methyl/N-ethyl adjacent to an activating group) is 1. The van der Waals surface area contributed by atoms with E-state index in [1.54, 1.807) is 0 Å². The van der Waals surface area contributed by atoms with Gasteiger partial charge in [0.25, 0.3) is 0 Å². The van der Waals surface area contributed by atoms with Gasteiger partial charge in [0.05, 0.1) is 27.7 Å². The van der Waals surface area contributed by atoms with Crippen LogP contribution in [0.15, 0.2) is 60.8 Å². The molecule has 0 rings (SSSR count). The molecular formula is C64H119NO8P+. The molecule has 1 N–H and O–H groups in total. The van der Waals surface area contributed by atoms with Gasteiger partial charge in [-0.25, -0.2) is 4.57 Å². The van der Waals surface area contributed by atoms with E-state index in [-0.39, 0.29) is 32.0 Å². The van der Waals surface area contributed by atoms with Crippen molar-refractivity contribution in [3.63, 3.8) is 0 Å². The standard InChI is InChI=1S/C64H118NO8P/c1-6-8-10-12-14-16-18-20-22-24-26-28-30-31-32-33-35-37-39-41-43-45-47-49-51-53-55-57-64(67)73-62(61-72-74(68,69)71-59-58-65(3,4)5)60-70-63(66)56-54-52-50-48-46-44-42-40-38-36-34-29-27-25-23-21-19-17-15-13-11-9-7-2/h8,10,14,16,20,22,25-28,62H,6-7,9,11-13,15,17-19,21,23-24,29-61H2,1-5H3/p+1/b10-8-,16-14-,22-20-,27-25-,28-26-. The monoisotopic (exact) mass is 1060 g/mol. The third-order valence-electron chi connectivity index (χ3n) is 13.5. The quantitative estimate of drug-likeness (QED) is 0.0211. The summed E-state index contributed by atoms with van der Waals surface area (Å²) >= 11 is 0. The van der Waals surface area contributed by atoms with Crippen molar-refractivity contribution in [2.45, 2.75) is 290 Å². The number of quaternary nitrogens is 1. The van der Waals surface area contributed by atoms with Crippen LogP contribution in [0.2, 0.25) is 0 Å². The van der Waals surface area contributed by atoms with Crippen molar-refractivity contribution in [1.29, 1.82) is 0 Å². The van der Waals surface area contributed by atoms with Crippen LogP contribution in [0, 0.1) is 0 Å². The minimum atomic E-state index is -4.39. The van der Waals surface area contributed by atoms with Gasteiger partial charge < -0.3 is 18.9 Å². The maximum atomic E-state index is 12.8. The maximum Gasteiger partial charge on any atom is 0.472 e. The summed E-state index contributed by atoms with van der Waals surface area (Å²) in [4.78, 5) is 35.8. The van der Waals surface area contributed by atoms with E-state index in [1.165, 1.54) is 193 Å². The molecule has 2 unspecified atom stereocenters. The third-order valence-corrected chi connectivity index (χ3v) is 14.5. The van der Waals surface area contributed by atoms with E-state index in [4.69, 9.17) is 18.5 Å². The van der Waals surface area contributed by atoms with Crippen LogP contribution in [0.3, 0.4) is 0 Å². The number of phosphoric ester groups is 1. The highest BCUT2D eigenvalue weighted by atomic mass is 31.2. The minimum Gasteiger partial charge on any atom is -0.462 e. The Hall–Kier alpha value is -2.29. The molecule has 0 aromatic carbocycles. The molecule has 0 aromatic heterocycles. The molecule has 0 saturated heterocycles. The van der Waals surface area contributed by atoms with Gasteiger partial charge in [-0.3, -0.25) is 18.6 Å². The van der Waals surface area contributed by atoms with Crippen molar-refractivity contribution < 1.29 is 42.1 Å². The number of esters is 2. The molecular weight excluding hydrogens is 942 g/mol. The van der Waals surface area contributed by atoms with Crippen molar-refractivity contribution >= 4 is 19.8 Å². The van der Waals surface area contributed by atoms with Gasteiger partial charge in [0.15, 0.2) is 6.10 Å². The van der Waals surface area contributed by atoms with Crippen LogP contribution in [0.4, 0.5) is 0 Å². The van der Waals surface area contributed by atoms with Crippen LogP contribution in [-0.4, -0.2) is 74.9 Å². The van der Waals surface area contributed by atoms with Gasteiger partial charge in [0, 0.05) is 12.8 Å². The summed E-state index contributed by atoms with van der Waals surface area (Å²) in [6.07, 6.45) is 71.5. The fourth-order valence-corrected chi connectivity index (χ4v) is 9.51. The van der Waals surface area contributed by atoms with E-state index in [9.17, 15) is 19.0 Å². The highest BCUT2D eigenvalue weighted by molar-refractivity contribution is 7.47. The van der Waals surface area contributed by atoms with Crippen molar-refractivity contribution in [2.24, 2.45) is 0 Å². The third kappa shape index (κ3) is 59.0. The smallest absolute Gasteiger partial charge is 0.462 e. The summed E-state index contributed by atoms with van der Waals surface area (Å²) in [5.41, 5.74) is 0.